The van der Waals surface area contributed by atoms with Crippen LogP contribution in [-0.4, -0.2) is 0 Å². The van der Waals surface area contributed by atoms with E-state index in [2.05, 4.69) is 217 Å². The van der Waals surface area contributed by atoms with E-state index in [4.69, 9.17) is 0 Å². The molecule has 0 aliphatic rings. The van der Waals surface area contributed by atoms with Crippen LogP contribution in [0.15, 0.2) is 212 Å². The molecule has 11 rings (SSSR count). The Hall–Kier alpha value is -7.00. The zero-order chi connectivity index (χ0) is 37.0. The molecular weight excluding hydrogens is 695 g/mol. The van der Waals surface area contributed by atoms with Crippen LogP contribution in [0, 0.1) is 0 Å². The Kier molecular flexibility index (Phi) is 7.75. The molecule has 0 bridgehead atoms. The third-order valence-corrected chi connectivity index (χ3v) is 12.3. The summed E-state index contributed by atoms with van der Waals surface area (Å²) < 4.78 is 2.60. The lowest BCUT2D eigenvalue weighted by molar-refractivity contribution is 1.30. The van der Waals surface area contributed by atoms with Crippen molar-refractivity contribution in [1.82, 2.24) is 0 Å². The van der Waals surface area contributed by atoms with Crippen molar-refractivity contribution in [2.45, 2.75) is 0 Å². The average molecular weight is 730 g/mol. The Morgan fingerprint density at radius 2 is 0.804 bits per heavy atom. The smallest absolute Gasteiger partial charge is 0.0468 e. The molecule has 1 nitrogen and oxygen atoms in total. The van der Waals surface area contributed by atoms with Crippen molar-refractivity contribution in [2.24, 2.45) is 0 Å². The SMILES string of the molecule is c1ccc(-c2c(-c3ccccc3)c3cc(N(c4cccc(-c5ccc6ccccc6c5)c4)c4ccc5sc6ccccc6c5c4)ccc3c3ccccc23)cc1. The maximum atomic E-state index is 2.45. The number of benzene rings is 10. The molecule has 56 heavy (non-hydrogen) atoms. The second kappa shape index (κ2) is 13.4. The van der Waals surface area contributed by atoms with E-state index in [1.54, 1.807) is 0 Å². The highest BCUT2D eigenvalue weighted by atomic mass is 32.1. The minimum atomic E-state index is 1.11. The minimum absolute atomic E-state index is 1.11. The number of hydrogen-bond acceptors (Lipinski definition) is 2. The molecule has 0 fully saturated rings. The molecule has 11 aromatic rings. The van der Waals surface area contributed by atoms with Gasteiger partial charge in [0.2, 0.25) is 0 Å². The van der Waals surface area contributed by atoms with Crippen LogP contribution in [0.3, 0.4) is 0 Å². The maximum Gasteiger partial charge on any atom is 0.0468 e. The Bertz CT molecular complexity index is 3250. The summed E-state index contributed by atoms with van der Waals surface area (Å²) in [6.45, 7) is 0. The Morgan fingerprint density at radius 1 is 0.268 bits per heavy atom. The lowest BCUT2D eigenvalue weighted by Gasteiger charge is -2.27. The van der Waals surface area contributed by atoms with Gasteiger partial charge < -0.3 is 4.90 Å². The van der Waals surface area contributed by atoms with Gasteiger partial charge in [-0.15, -0.1) is 11.3 Å². The molecule has 0 saturated carbocycles. The van der Waals surface area contributed by atoms with Gasteiger partial charge in [-0.25, -0.2) is 0 Å². The number of anilines is 3. The largest absolute Gasteiger partial charge is 0.310 e. The number of hydrogen-bond donors (Lipinski definition) is 0. The standard InChI is InChI=1S/C54H35NS/c1-3-15-37(16-4-1)53-48-24-10-9-22-45(48)46-30-28-43(35-50(46)54(53)38-17-5-2-6-18-38)55(44-29-31-52-49(34-44)47-23-11-12-25-51(47)56-52)42-21-13-20-40(33-42)41-27-26-36-14-7-8-19-39(36)32-41/h1-35H. The van der Waals surface area contributed by atoms with Gasteiger partial charge in [0.25, 0.3) is 0 Å². The van der Waals surface area contributed by atoms with Crippen LogP contribution in [0.2, 0.25) is 0 Å². The first-order chi connectivity index (χ1) is 27.8. The van der Waals surface area contributed by atoms with Crippen LogP contribution in [-0.2, 0) is 0 Å². The molecule has 0 atom stereocenters. The third kappa shape index (κ3) is 5.46. The van der Waals surface area contributed by atoms with E-state index < -0.39 is 0 Å². The van der Waals surface area contributed by atoms with E-state index in [9.17, 15) is 0 Å². The van der Waals surface area contributed by atoms with Crippen molar-refractivity contribution in [3.05, 3.63) is 212 Å². The second-order valence-corrected chi connectivity index (χ2v) is 15.6. The van der Waals surface area contributed by atoms with E-state index in [1.807, 2.05) is 11.3 Å². The highest BCUT2D eigenvalue weighted by molar-refractivity contribution is 7.25. The topological polar surface area (TPSA) is 3.24 Å². The highest BCUT2D eigenvalue weighted by Gasteiger charge is 2.21. The van der Waals surface area contributed by atoms with Gasteiger partial charge in [0.15, 0.2) is 0 Å². The fraction of sp³-hybridized carbons (Fsp3) is 0. The Balaban J connectivity index is 1.19. The average Bonchev–Trinajstić information content (AvgIpc) is 3.64. The normalized spacial score (nSPS) is 11.6. The van der Waals surface area contributed by atoms with Gasteiger partial charge in [-0.05, 0) is 120 Å². The summed E-state index contributed by atoms with van der Waals surface area (Å²) in [7, 11) is 0. The van der Waals surface area contributed by atoms with Gasteiger partial charge in [0.05, 0.1) is 0 Å². The van der Waals surface area contributed by atoms with Crippen LogP contribution < -0.4 is 4.90 Å². The molecule has 1 aromatic heterocycles. The minimum Gasteiger partial charge on any atom is -0.310 e. The summed E-state index contributed by atoms with van der Waals surface area (Å²) in [5, 5.41) is 10.0. The molecule has 10 aromatic carbocycles. The third-order valence-electron chi connectivity index (χ3n) is 11.2. The molecule has 0 radical (unpaired) electrons. The van der Waals surface area contributed by atoms with Crippen LogP contribution in [0.5, 0.6) is 0 Å². The lowest BCUT2D eigenvalue weighted by Crippen LogP contribution is -2.10. The highest BCUT2D eigenvalue weighted by Crippen LogP contribution is 2.48. The predicted octanol–water partition coefficient (Wildman–Crippen LogP) is 16.0. The van der Waals surface area contributed by atoms with Crippen molar-refractivity contribution >= 4 is 80.9 Å². The summed E-state index contributed by atoms with van der Waals surface area (Å²) in [4.78, 5) is 2.45. The van der Waals surface area contributed by atoms with Gasteiger partial charge in [-0.1, -0.05) is 158 Å². The molecule has 262 valence electrons. The van der Waals surface area contributed by atoms with Gasteiger partial charge >= 0.3 is 0 Å². The summed E-state index contributed by atoms with van der Waals surface area (Å²) in [6.07, 6.45) is 0. The number of nitrogens with zero attached hydrogens (tertiary/aromatic N) is 1. The van der Waals surface area contributed by atoms with Gasteiger partial charge in [0.1, 0.15) is 0 Å². The van der Waals surface area contributed by atoms with Crippen LogP contribution in [0.4, 0.5) is 17.1 Å². The molecular formula is C54H35NS. The van der Waals surface area contributed by atoms with Crippen molar-refractivity contribution in [2.75, 3.05) is 4.90 Å². The zero-order valence-corrected chi connectivity index (χ0v) is 31.4. The monoisotopic (exact) mass is 729 g/mol. The quantitative estimate of drug-likeness (QED) is 0.154. The molecule has 0 unspecified atom stereocenters. The fourth-order valence-electron chi connectivity index (χ4n) is 8.62. The van der Waals surface area contributed by atoms with Crippen LogP contribution >= 0.6 is 11.3 Å². The first-order valence-electron chi connectivity index (χ1n) is 19.2. The Morgan fingerprint density at radius 3 is 1.59 bits per heavy atom. The molecule has 0 aliphatic carbocycles. The summed E-state index contributed by atoms with van der Waals surface area (Å²) in [5.74, 6) is 0. The maximum absolute atomic E-state index is 2.45. The van der Waals surface area contributed by atoms with E-state index in [0.717, 1.165) is 17.1 Å². The molecule has 2 heteroatoms. The Labute approximate surface area is 330 Å². The predicted molar refractivity (Wildman–Crippen MR) is 243 cm³/mol. The summed E-state index contributed by atoms with van der Waals surface area (Å²) >= 11 is 1.86. The number of rotatable bonds is 6. The molecule has 0 saturated heterocycles. The van der Waals surface area contributed by atoms with Gasteiger partial charge in [-0.3, -0.25) is 0 Å². The first-order valence-corrected chi connectivity index (χ1v) is 20.0. The lowest BCUT2D eigenvalue weighted by atomic mass is 9.85. The first kappa shape index (κ1) is 32.4. The fourth-order valence-corrected chi connectivity index (χ4v) is 9.71. The van der Waals surface area contributed by atoms with Crippen molar-refractivity contribution in [1.29, 1.82) is 0 Å². The van der Waals surface area contributed by atoms with E-state index in [-0.39, 0.29) is 0 Å². The molecule has 0 N–H and O–H groups in total. The van der Waals surface area contributed by atoms with Gasteiger partial charge in [0, 0.05) is 37.2 Å². The number of fused-ring (bicyclic) bond motifs is 7. The molecule has 0 spiro atoms. The second-order valence-electron chi connectivity index (χ2n) is 14.5. The van der Waals surface area contributed by atoms with Crippen LogP contribution in [0.25, 0.3) is 85.9 Å². The van der Waals surface area contributed by atoms with E-state index in [0.29, 0.717) is 0 Å². The molecule has 0 aliphatic heterocycles. The van der Waals surface area contributed by atoms with E-state index in [1.165, 1.54) is 85.9 Å². The van der Waals surface area contributed by atoms with E-state index >= 15 is 0 Å². The number of thiophene rings is 1. The molecule has 0 amide bonds. The zero-order valence-electron chi connectivity index (χ0n) is 30.6. The van der Waals surface area contributed by atoms with Crippen LogP contribution in [0.1, 0.15) is 0 Å². The summed E-state index contributed by atoms with van der Waals surface area (Å²) in [5.41, 5.74) is 10.7. The van der Waals surface area contributed by atoms with Crippen molar-refractivity contribution < 1.29 is 0 Å². The van der Waals surface area contributed by atoms with Crippen molar-refractivity contribution in [3.8, 4) is 33.4 Å². The van der Waals surface area contributed by atoms with Crippen molar-refractivity contribution in [3.63, 3.8) is 0 Å². The summed E-state index contributed by atoms with van der Waals surface area (Å²) in [6, 6.07) is 77.9. The van der Waals surface area contributed by atoms with Gasteiger partial charge in [-0.2, -0.15) is 0 Å². The molecule has 1 heterocycles.